The van der Waals surface area contributed by atoms with Crippen LogP contribution in [0.25, 0.3) is 0 Å². The van der Waals surface area contributed by atoms with Crippen molar-refractivity contribution < 1.29 is 33.3 Å². The summed E-state index contributed by atoms with van der Waals surface area (Å²) in [7, 11) is -1.57. The molecule has 0 saturated carbocycles. The lowest BCUT2D eigenvalue weighted by atomic mass is 9.86. The highest BCUT2D eigenvalue weighted by atomic mass is 28.4. The molecule has 0 spiro atoms. The fourth-order valence-electron chi connectivity index (χ4n) is 7.07. The maximum atomic E-state index is 16.1. The van der Waals surface area contributed by atoms with Gasteiger partial charge in [0.15, 0.2) is 0 Å². The largest absolute Gasteiger partial charge is 0.494 e. The third-order valence-electron chi connectivity index (χ3n) is 9.49. The van der Waals surface area contributed by atoms with Gasteiger partial charge < -0.3 is 33.8 Å². The first-order chi connectivity index (χ1) is 23.1. The van der Waals surface area contributed by atoms with Crippen LogP contribution in [-0.2, 0) is 28.9 Å². The van der Waals surface area contributed by atoms with Gasteiger partial charge in [-0.15, -0.1) is 5.10 Å². The van der Waals surface area contributed by atoms with Crippen molar-refractivity contribution in [2.45, 2.75) is 89.4 Å². The summed E-state index contributed by atoms with van der Waals surface area (Å²) in [6.07, 6.45) is 3.89. The number of aliphatic hydroxyl groups is 2. The van der Waals surface area contributed by atoms with Crippen LogP contribution in [0, 0.1) is 5.92 Å². The number of aryl methyl sites for hydroxylation is 1. The van der Waals surface area contributed by atoms with E-state index in [9.17, 15) is 15.0 Å². The van der Waals surface area contributed by atoms with Gasteiger partial charge in [0, 0.05) is 62.2 Å². The van der Waals surface area contributed by atoms with Crippen LogP contribution in [0.1, 0.15) is 56.0 Å². The van der Waals surface area contributed by atoms with E-state index < -0.39 is 20.6 Å². The number of nitrogens with one attached hydrogen (secondary N) is 1. The zero-order chi connectivity index (χ0) is 34.4. The predicted octanol–water partition coefficient (Wildman–Crippen LogP) is 4.88. The molecule has 262 valence electrons. The smallest absolute Gasteiger partial charge is 0.249 e. The molecule has 0 radical (unpaired) electrons. The molecule has 5 rings (SSSR count). The molecule has 2 aromatic carbocycles. The number of carbonyl (C=O) groups excluding carboxylic acids is 1. The van der Waals surface area contributed by atoms with Crippen LogP contribution >= 0.6 is 0 Å². The lowest BCUT2D eigenvalue weighted by Crippen LogP contribution is -2.50. The van der Waals surface area contributed by atoms with Crippen LogP contribution in [-0.4, -0.2) is 85.1 Å². The topological polar surface area (TPSA) is 131 Å². The number of fused-ring (bicyclic) bond motifs is 2. The Bertz CT molecular complexity index is 1530. The number of hydrogen-bond acceptors (Lipinski definition) is 9. The van der Waals surface area contributed by atoms with Crippen molar-refractivity contribution in [3.63, 3.8) is 0 Å². The molecular weight excluding hydrogens is 633 g/mol. The number of amides is 1. The number of aromatic nitrogens is 3. The molecule has 11 nitrogen and oxygen atoms in total. The molecule has 0 saturated heterocycles. The van der Waals surface area contributed by atoms with Crippen LogP contribution in [0.4, 0.5) is 15.5 Å². The summed E-state index contributed by atoms with van der Waals surface area (Å²) in [5, 5.41) is 30.1. The number of ether oxygens (including phenoxy) is 3. The fraction of sp³-hybridized carbons (Fsp3) is 0.571. The summed E-state index contributed by atoms with van der Waals surface area (Å²) in [6.45, 7) is 9.17. The van der Waals surface area contributed by atoms with Gasteiger partial charge in [-0.2, -0.15) is 0 Å². The second-order valence-electron chi connectivity index (χ2n) is 13.3. The molecule has 0 fully saturated rings. The number of halogens is 1. The zero-order valence-corrected chi connectivity index (χ0v) is 29.7. The van der Waals surface area contributed by atoms with Gasteiger partial charge >= 0.3 is 0 Å². The summed E-state index contributed by atoms with van der Waals surface area (Å²) in [6, 6.07) is 11.1. The molecule has 1 amide bonds. The van der Waals surface area contributed by atoms with Crippen molar-refractivity contribution in [3.8, 4) is 11.5 Å². The van der Waals surface area contributed by atoms with Gasteiger partial charge in [-0.25, -0.2) is 0 Å². The van der Waals surface area contributed by atoms with Gasteiger partial charge in [-0.1, -0.05) is 12.1 Å². The Morgan fingerprint density at radius 3 is 2.69 bits per heavy atom. The molecular formula is C35H50FN5O6Si. The lowest BCUT2D eigenvalue weighted by molar-refractivity contribution is -0.120. The van der Waals surface area contributed by atoms with E-state index in [2.05, 4.69) is 15.6 Å². The van der Waals surface area contributed by atoms with E-state index in [1.54, 1.807) is 36.0 Å². The molecule has 3 aromatic rings. The van der Waals surface area contributed by atoms with Crippen LogP contribution < -0.4 is 19.7 Å². The van der Waals surface area contributed by atoms with Crippen molar-refractivity contribution >= 4 is 25.7 Å². The van der Waals surface area contributed by atoms with E-state index in [0.717, 1.165) is 29.0 Å². The Morgan fingerprint density at radius 1 is 1.17 bits per heavy atom. The minimum atomic E-state index is -3.23. The fourth-order valence-corrected chi connectivity index (χ4v) is 9.04. The van der Waals surface area contributed by atoms with Crippen LogP contribution in [0.5, 0.6) is 11.5 Å². The summed E-state index contributed by atoms with van der Waals surface area (Å²) >= 11 is 0. The highest BCUT2D eigenvalue weighted by Crippen LogP contribution is 2.49. The van der Waals surface area contributed by atoms with Gasteiger partial charge in [0.2, 0.25) is 14.3 Å². The number of aliphatic hydroxyl groups excluding tert-OH is 2. The lowest BCUT2D eigenvalue weighted by Gasteiger charge is -2.43. The van der Waals surface area contributed by atoms with Crippen LogP contribution in [0.3, 0.4) is 0 Å². The average molecular weight is 684 g/mol. The third-order valence-corrected chi connectivity index (χ3v) is 11.9. The number of anilines is 2. The molecule has 1 aromatic heterocycles. The van der Waals surface area contributed by atoms with Crippen molar-refractivity contribution in [1.29, 1.82) is 0 Å². The Balaban J connectivity index is 1.44. The summed E-state index contributed by atoms with van der Waals surface area (Å²) in [5.41, 5.74) is 3.67. The highest BCUT2D eigenvalue weighted by Gasteiger charge is 2.47. The average Bonchev–Trinajstić information content (AvgIpc) is 3.50. The molecule has 13 heteroatoms. The second-order valence-corrected chi connectivity index (χ2v) is 17.1. The Labute approximate surface area is 283 Å². The van der Waals surface area contributed by atoms with Gasteiger partial charge in [0.1, 0.15) is 17.6 Å². The number of hydrogen-bond donors (Lipinski definition) is 3. The molecule has 2 aliphatic heterocycles. The summed E-state index contributed by atoms with van der Waals surface area (Å²) in [5.74, 6) is 1.14. The number of methoxy groups -OCH3 is 1. The van der Waals surface area contributed by atoms with E-state index in [0.29, 0.717) is 62.5 Å². The molecule has 3 N–H and O–H groups in total. The van der Waals surface area contributed by atoms with Crippen molar-refractivity contribution in [2.75, 3.05) is 38.4 Å². The minimum Gasteiger partial charge on any atom is -0.494 e. The van der Waals surface area contributed by atoms with Crippen molar-refractivity contribution in [1.82, 2.24) is 20.3 Å². The predicted molar refractivity (Wildman–Crippen MR) is 184 cm³/mol. The monoisotopic (exact) mass is 683 g/mol. The van der Waals surface area contributed by atoms with E-state index in [-0.39, 0.29) is 36.7 Å². The first kappa shape index (κ1) is 35.9. The molecule has 5 atom stereocenters. The third kappa shape index (κ3) is 7.92. The van der Waals surface area contributed by atoms with E-state index >= 15 is 4.11 Å². The number of nitrogens with zero attached hydrogens (tertiary/aromatic N) is 4. The molecule has 0 aliphatic carbocycles. The molecule has 48 heavy (non-hydrogen) atoms. The van der Waals surface area contributed by atoms with Crippen molar-refractivity contribution in [2.24, 2.45) is 5.92 Å². The van der Waals surface area contributed by atoms with E-state index in [1.807, 2.05) is 50.2 Å². The quantitative estimate of drug-likeness (QED) is 0.110. The highest BCUT2D eigenvalue weighted by molar-refractivity contribution is 6.72. The first-order valence-corrected chi connectivity index (χ1v) is 20.0. The van der Waals surface area contributed by atoms with Crippen molar-refractivity contribution in [3.05, 3.63) is 59.4 Å². The summed E-state index contributed by atoms with van der Waals surface area (Å²) in [4.78, 5) is 15.8. The number of carbonyl (C=O) groups is 1. The van der Waals surface area contributed by atoms with E-state index in [4.69, 9.17) is 14.2 Å². The number of benzene rings is 2. The van der Waals surface area contributed by atoms with Crippen LogP contribution in [0.15, 0.2) is 42.6 Å². The Morgan fingerprint density at radius 2 is 1.98 bits per heavy atom. The first-order valence-electron chi connectivity index (χ1n) is 17.1. The maximum Gasteiger partial charge on any atom is 0.249 e. The van der Waals surface area contributed by atoms with Crippen LogP contribution in [0.2, 0.25) is 18.6 Å². The minimum absolute atomic E-state index is 0.00508. The standard InChI is InChI=1S/C35H50FN5O6Si/c1-6-46-27-10-11-30-24(19-27)20-29(37-15-7-8-17-42)35(44)41(30)26-9-12-31-28(21-26)33(45-3)23(2)34(47-31)32(48(4,5)36)13-16-40-22-25(14-18-43)38-39-40/h9-12,19,21-23,29,32-34,37,42-43H,6-8,13-18,20H2,1-5H3/t23-,29?,32?,33-,34-/m1/s1. The normalized spacial score (nSPS) is 21.4. The molecule has 2 aliphatic rings. The van der Waals surface area contributed by atoms with Gasteiger partial charge in [-0.3, -0.25) is 14.4 Å². The molecule has 0 bridgehead atoms. The maximum absolute atomic E-state index is 16.1. The summed E-state index contributed by atoms with van der Waals surface area (Å²) < 4.78 is 36.3. The van der Waals surface area contributed by atoms with E-state index in [1.165, 1.54) is 0 Å². The number of rotatable bonds is 16. The van der Waals surface area contributed by atoms with Gasteiger partial charge in [0.25, 0.3) is 0 Å². The second kappa shape index (κ2) is 15.9. The van der Waals surface area contributed by atoms with Gasteiger partial charge in [0.05, 0.1) is 30.1 Å². The SMILES string of the molecule is CCOc1ccc2c(c1)CC(NCCCCO)C(=O)N2c1ccc2c(c1)[C@H](OC)[C@@H](C)[C@H](C(CCn1cc(CCO)nn1)[Si](C)(C)F)O2. The number of unbranched alkanes of at least 4 members (excludes halogenated alkanes) is 1. The zero-order valence-electron chi connectivity index (χ0n) is 28.7. The molecule has 2 unspecified atom stereocenters. The Hall–Kier alpha value is -3.36. The molecule has 3 heterocycles. The Kier molecular flexibility index (Phi) is 11.9. The van der Waals surface area contributed by atoms with Gasteiger partial charge in [-0.05, 0) is 94.2 Å².